The lowest BCUT2D eigenvalue weighted by Gasteiger charge is -2.12. The van der Waals surface area contributed by atoms with Gasteiger partial charge >= 0.3 is 0 Å². The maximum absolute atomic E-state index is 12.5. The number of amides is 1. The first-order chi connectivity index (χ1) is 13.6. The van der Waals surface area contributed by atoms with E-state index in [0.717, 1.165) is 22.5 Å². The molecule has 28 heavy (non-hydrogen) atoms. The quantitative estimate of drug-likeness (QED) is 0.589. The molecule has 144 valence electrons. The summed E-state index contributed by atoms with van der Waals surface area (Å²) in [6.45, 7) is 4.55. The smallest absolute Gasteiger partial charge is 0.234 e. The van der Waals surface area contributed by atoms with Crippen LogP contribution in [0.15, 0.2) is 47.5 Å². The molecule has 1 N–H and O–H groups in total. The Morgan fingerprint density at radius 3 is 2.79 bits per heavy atom. The largest absolute Gasteiger partial charge is 0.492 e. The predicted molar refractivity (Wildman–Crippen MR) is 115 cm³/mol. The van der Waals surface area contributed by atoms with Gasteiger partial charge in [0.1, 0.15) is 10.8 Å². The first kappa shape index (κ1) is 18.8. The van der Waals surface area contributed by atoms with E-state index in [9.17, 15) is 4.79 Å². The lowest BCUT2D eigenvalue weighted by molar-refractivity contribution is -0.113. The molecule has 0 aliphatic heterocycles. The molecule has 0 spiro atoms. The second kappa shape index (κ2) is 8.23. The number of aromatic nitrogens is 1. The van der Waals surface area contributed by atoms with Gasteiger partial charge < -0.3 is 10.1 Å². The van der Waals surface area contributed by atoms with Crippen LogP contribution in [0.2, 0.25) is 0 Å². The van der Waals surface area contributed by atoms with Gasteiger partial charge in [-0.2, -0.15) is 0 Å². The number of benzene rings is 2. The molecule has 1 heterocycles. The van der Waals surface area contributed by atoms with Crippen molar-refractivity contribution in [1.29, 1.82) is 0 Å². The van der Waals surface area contributed by atoms with Crippen LogP contribution in [0.3, 0.4) is 0 Å². The summed E-state index contributed by atoms with van der Waals surface area (Å²) in [5, 5.41) is 5.05. The first-order valence-electron chi connectivity index (χ1n) is 9.71. The van der Waals surface area contributed by atoms with Gasteiger partial charge in [-0.1, -0.05) is 23.9 Å². The Balaban J connectivity index is 1.47. The summed E-state index contributed by atoms with van der Waals surface area (Å²) < 4.78 is 5.57. The average molecular weight is 393 g/mol. The predicted octanol–water partition coefficient (Wildman–Crippen LogP) is 5.16. The number of hydrogen-bond acceptors (Lipinski definition) is 4. The number of hydrogen-bond donors (Lipinski definition) is 1. The van der Waals surface area contributed by atoms with Gasteiger partial charge in [0.15, 0.2) is 0 Å². The number of anilines is 1. The van der Waals surface area contributed by atoms with E-state index < -0.39 is 0 Å². The SMILES string of the molecule is CCOc1ccccc1NC(=O)CSc1nc2cc3c(cc2cc1C)CCC3. The molecule has 0 fully saturated rings. The summed E-state index contributed by atoms with van der Waals surface area (Å²) in [4.78, 5) is 17.3. The summed E-state index contributed by atoms with van der Waals surface area (Å²) >= 11 is 1.48. The zero-order valence-corrected chi connectivity index (χ0v) is 17.1. The number of nitrogens with zero attached hydrogens (tertiary/aromatic N) is 1. The highest BCUT2D eigenvalue weighted by atomic mass is 32.2. The van der Waals surface area contributed by atoms with Crippen molar-refractivity contribution < 1.29 is 9.53 Å². The standard InChI is InChI=1S/C23H24N2O2S/c1-3-27-21-10-5-4-9-19(21)24-22(26)14-28-23-15(2)11-18-12-16-7-6-8-17(16)13-20(18)25-23/h4-5,9-13H,3,6-8,14H2,1-2H3,(H,24,26). The van der Waals surface area contributed by atoms with Crippen molar-refractivity contribution in [1.82, 2.24) is 4.98 Å². The highest BCUT2D eigenvalue weighted by Crippen LogP contribution is 2.30. The van der Waals surface area contributed by atoms with Crippen LogP contribution in [0.1, 0.15) is 30.0 Å². The van der Waals surface area contributed by atoms with Crippen LogP contribution in [-0.2, 0) is 17.6 Å². The number of para-hydroxylation sites is 2. The highest BCUT2D eigenvalue weighted by molar-refractivity contribution is 8.00. The Morgan fingerprint density at radius 1 is 1.18 bits per heavy atom. The van der Waals surface area contributed by atoms with E-state index in [1.54, 1.807) is 0 Å². The Labute approximate surface area is 169 Å². The Bertz CT molecular complexity index is 1030. The molecule has 1 aromatic heterocycles. The zero-order valence-electron chi connectivity index (χ0n) is 16.2. The molecule has 4 rings (SSSR count). The molecule has 0 saturated heterocycles. The lowest BCUT2D eigenvalue weighted by Crippen LogP contribution is -2.15. The minimum atomic E-state index is -0.0626. The summed E-state index contributed by atoms with van der Waals surface area (Å²) in [5.41, 5.74) is 5.72. The van der Waals surface area contributed by atoms with Crippen LogP contribution in [0.5, 0.6) is 5.75 Å². The molecule has 0 radical (unpaired) electrons. The molecule has 3 aromatic rings. The molecule has 1 amide bonds. The van der Waals surface area contributed by atoms with Gasteiger partial charge in [0.2, 0.25) is 5.91 Å². The number of ether oxygens (including phenoxy) is 1. The summed E-state index contributed by atoms with van der Waals surface area (Å²) in [6, 6.07) is 14.2. The maximum atomic E-state index is 12.5. The van der Waals surface area contributed by atoms with Crippen molar-refractivity contribution in [2.45, 2.75) is 38.1 Å². The van der Waals surface area contributed by atoms with Crippen molar-refractivity contribution in [3.8, 4) is 5.75 Å². The van der Waals surface area contributed by atoms with E-state index in [1.165, 1.54) is 41.1 Å². The number of thioether (sulfide) groups is 1. The van der Waals surface area contributed by atoms with Gasteiger partial charge in [-0.05, 0) is 80.1 Å². The molecular weight excluding hydrogens is 368 g/mol. The molecule has 0 unspecified atom stereocenters. The molecule has 1 aliphatic carbocycles. The molecule has 0 bridgehead atoms. The number of nitrogens with one attached hydrogen (secondary N) is 1. The molecule has 4 nitrogen and oxygen atoms in total. The number of fused-ring (bicyclic) bond motifs is 2. The minimum absolute atomic E-state index is 0.0626. The summed E-state index contributed by atoms with van der Waals surface area (Å²) in [5.74, 6) is 0.940. The number of rotatable bonds is 6. The average Bonchev–Trinajstić information content (AvgIpc) is 3.13. The Morgan fingerprint density at radius 2 is 1.96 bits per heavy atom. The Hall–Kier alpha value is -2.53. The minimum Gasteiger partial charge on any atom is -0.492 e. The molecule has 0 saturated carbocycles. The number of aryl methyl sites for hydroxylation is 3. The van der Waals surface area contributed by atoms with Gasteiger partial charge in [-0.3, -0.25) is 4.79 Å². The van der Waals surface area contributed by atoms with Crippen LogP contribution in [0, 0.1) is 6.92 Å². The number of carbonyl (C=O) groups excluding carboxylic acids is 1. The van der Waals surface area contributed by atoms with E-state index >= 15 is 0 Å². The van der Waals surface area contributed by atoms with E-state index in [2.05, 4.69) is 30.4 Å². The first-order valence-corrected chi connectivity index (χ1v) is 10.7. The normalized spacial score (nSPS) is 12.8. The number of carbonyl (C=O) groups is 1. The molecule has 2 aromatic carbocycles. The zero-order chi connectivity index (χ0) is 19.5. The fourth-order valence-electron chi connectivity index (χ4n) is 3.65. The van der Waals surface area contributed by atoms with Gasteiger partial charge in [0, 0.05) is 5.39 Å². The van der Waals surface area contributed by atoms with Gasteiger partial charge in [0.25, 0.3) is 0 Å². The topological polar surface area (TPSA) is 51.2 Å². The van der Waals surface area contributed by atoms with Crippen LogP contribution in [0.4, 0.5) is 5.69 Å². The second-order valence-electron chi connectivity index (χ2n) is 7.04. The molecule has 0 atom stereocenters. The van der Waals surface area contributed by atoms with E-state index in [4.69, 9.17) is 9.72 Å². The van der Waals surface area contributed by atoms with E-state index in [0.29, 0.717) is 23.8 Å². The third-order valence-electron chi connectivity index (χ3n) is 4.97. The van der Waals surface area contributed by atoms with Crippen molar-refractivity contribution in [3.05, 3.63) is 59.2 Å². The third kappa shape index (κ3) is 3.99. The van der Waals surface area contributed by atoms with Crippen molar-refractivity contribution in [3.63, 3.8) is 0 Å². The van der Waals surface area contributed by atoms with Crippen LogP contribution < -0.4 is 10.1 Å². The second-order valence-corrected chi connectivity index (χ2v) is 8.01. The fourth-order valence-corrected chi connectivity index (χ4v) is 4.44. The van der Waals surface area contributed by atoms with Gasteiger partial charge in [0.05, 0.1) is 23.6 Å². The monoisotopic (exact) mass is 392 g/mol. The van der Waals surface area contributed by atoms with Crippen molar-refractivity contribution in [2.24, 2.45) is 0 Å². The van der Waals surface area contributed by atoms with E-state index in [1.807, 2.05) is 31.2 Å². The number of pyridine rings is 1. The van der Waals surface area contributed by atoms with Crippen molar-refractivity contribution in [2.75, 3.05) is 17.7 Å². The molecule has 5 heteroatoms. The third-order valence-corrected chi connectivity index (χ3v) is 6.07. The molecule has 1 aliphatic rings. The van der Waals surface area contributed by atoms with E-state index in [-0.39, 0.29) is 5.91 Å². The lowest BCUT2D eigenvalue weighted by atomic mass is 10.1. The summed E-state index contributed by atoms with van der Waals surface area (Å²) in [6.07, 6.45) is 3.55. The maximum Gasteiger partial charge on any atom is 0.234 e. The van der Waals surface area contributed by atoms with Crippen LogP contribution in [-0.4, -0.2) is 23.3 Å². The highest BCUT2D eigenvalue weighted by Gasteiger charge is 2.14. The fraction of sp³-hybridized carbons (Fsp3) is 0.304. The summed E-state index contributed by atoms with van der Waals surface area (Å²) in [7, 11) is 0. The van der Waals surface area contributed by atoms with Crippen LogP contribution >= 0.6 is 11.8 Å². The van der Waals surface area contributed by atoms with Gasteiger partial charge in [-0.25, -0.2) is 4.98 Å². The molecular formula is C23H24N2O2S. The van der Waals surface area contributed by atoms with Crippen LogP contribution in [0.25, 0.3) is 10.9 Å². The van der Waals surface area contributed by atoms with Gasteiger partial charge in [-0.15, -0.1) is 0 Å². The van der Waals surface area contributed by atoms with Crippen molar-refractivity contribution >= 4 is 34.3 Å². The Kier molecular flexibility index (Phi) is 5.53.